The van der Waals surface area contributed by atoms with E-state index in [0.29, 0.717) is 0 Å². The summed E-state index contributed by atoms with van der Waals surface area (Å²) >= 11 is 0. The Morgan fingerprint density at radius 3 is 2.57 bits per heavy atom. The summed E-state index contributed by atoms with van der Waals surface area (Å²) in [5.74, 6) is -0.513. The molecule has 7 heteroatoms. The fourth-order valence-electron chi connectivity index (χ4n) is 2.21. The van der Waals surface area contributed by atoms with Gasteiger partial charge in [0.25, 0.3) is 5.91 Å². The first kappa shape index (κ1) is 14.7. The second kappa shape index (κ2) is 5.74. The average Bonchev–Trinajstić information content (AvgIpc) is 2.74. The van der Waals surface area contributed by atoms with E-state index in [2.05, 4.69) is 10.4 Å². The number of aromatic nitrogens is 2. The summed E-state index contributed by atoms with van der Waals surface area (Å²) in [7, 11) is 1.52. The molecule has 0 aliphatic rings. The SMILES string of the molecule is Cc1nn(C)c(C(=O)NC(C)c2ccccc2)c1[N+](=O)[O-]. The van der Waals surface area contributed by atoms with Crippen molar-refractivity contribution in [2.45, 2.75) is 19.9 Å². The van der Waals surface area contributed by atoms with Crippen LogP contribution in [0.3, 0.4) is 0 Å². The number of hydrogen-bond donors (Lipinski definition) is 1. The van der Waals surface area contributed by atoms with Gasteiger partial charge in [-0.05, 0) is 19.4 Å². The Hall–Kier alpha value is -2.70. The number of amides is 1. The zero-order chi connectivity index (χ0) is 15.6. The maximum atomic E-state index is 12.3. The van der Waals surface area contributed by atoms with Gasteiger partial charge in [-0.2, -0.15) is 5.10 Å². The van der Waals surface area contributed by atoms with Gasteiger partial charge in [0.05, 0.1) is 11.0 Å². The van der Waals surface area contributed by atoms with Crippen LogP contribution in [-0.2, 0) is 7.05 Å². The summed E-state index contributed by atoms with van der Waals surface area (Å²) in [5.41, 5.74) is 0.850. The summed E-state index contributed by atoms with van der Waals surface area (Å²) in [6.45, 7) is 3.33. The summed E-state index contributed by atoms with van der Waals surface area (Å²) in [6, 6.07) is 9.13. The lowest BCUT2D eigenvalue weighted by molar-refractivity contribution is -0.385. The molecule has 0 aliphatic heterocycles. The Labute approximate surface area is 121 Å². The number of nitrogens with one attached hydrogen (secondary N) is 1. The molecule has 0 saturated carbocycles. The van der Waals surface area contributed by atoms with Gasteiger partial charge in [-0.25, -0.2) is 0 Å². The quantitative estimate of drug-likeness (QED) is 0.689. The fraction of sp³-hybridized carbons (Fsp3) is 0.286. The molecule has 1 aromatic heterocycles. The van der Waals surface area contributed by atoms with Crippen molar-refractivity contribution in [2.24, 2.45) is 7.05 Å². The van der Waals surface area contributed by atoms with Crippen LogP contribution in [0.1, 0.15) is 34.7 Å². The molecule has 110 valence electrons. The van der Waals surface area contributed by atoms with E-state index in [4.69, 9.17) is 0 Å². The third-order valence-electron chi connectivity index (χ3n) is 3.24. The topological polar surface area (TPSA) is 90.1 Å². The number of rotatable bonds is 4. The zero-order valence-corrected chi connectivity index (χ0v) is 12.0. The Morgan fingerprint density at radius 1 is 1.38 bits per heavy atom. The van der Waals surface area contributed by atoms with Gasteiger partial charge in [0.1, 0.15) is 5.69 Å². The molecule has 1 unspecified atom stereocenters. The van der Waals surface area contributed by atoms with Crippen molar-refractivity contribution in [3.05, 3.63) is 57.4 Å². The van der Waals surface area contributed by atoms with Gasteiger partial charge >= 0.3 is 5.69 Å². The molecule has 7 nitrogen and oxygen atoms in total. The van der Waals surface area contributed by atoms with Gasteiger partial charge in [0.2, 0.25) is 5.69 Å². The molecule has 2 aromatic rings. The largest absolute Gasteiger partial charge is 0.344 e. The van der Waals surface area contributed by atoms with Crippen LogP contribution >= 0.6 is 0 Å². The maximum Gasteiger partial charge on any atom is 0.322 e. The van der Waals surface area contributed by atoms with E-state index < -0.39 is 10.8 Å². The van der Waals surface area contributed by atoms with Gasteiger partial charge in [-0.15, -0.1) is 0 Å². The summed E-state index contributed by atoms with van der Waals surface area (Å²) < 4.78 is 1.24. The van der Waals surface area contributed by atoms with Crippen molar-refractivity contribution >= 4 is 11.6 Å². The number of hydrogen-bond acceptors (Lipinski definition) is 4. The second-order valence-corrected chi connectivity index (χ2v) is 4.77. The molecule has 0 fully saturated rings. The van der Waals surface area contributed by atoms with Crippen LogP contribution in [0, 0.1) is 17.0 Å². The number of aryl methyl sites for hydroxylation is 2. The molecule has 21 heavy (non-hydrogen) atoms. The van der Waals surface area contributed by atoms with Crippen LogP contribution in [0.5, 0.6) is 0 Å². The summed E-state index contributed by atoms with van der Waals surface area (Å²) in [6.07, 6.45) is 0. The van der Waals surface area contributed by atoms with Crippen LogP contribution in [0.4, 0.5) is 5.69 Å². The molecule has 2 rings (SSSR count). The van der Waals surface area contributed by atoms with Crippen molar-refractivity contribution in [3.63, 3.8) is 0 Å². The Kier molecular flexibility index (Phi) is 4.02. The molecule has 0 radical (unpaired) electrons. The molecule has 0 bridgehead atoms. The second-order valence-electron chi connectivity index (χ2n) is 4.77. The fourth-order valence-corrected chi connectivity index (χ4v) is 2.21. The predicted octanol–water partition coefficient (Wildman–Crippen LogP) is 2.13. The van der Waals surface area contributed by atoms with Crippen molar-refractivity contribution in [1.82, 2.24) is 15.1 Å². The molecule has 0 aliphatic carbocycles. The molecular weight excluding hydrogens is 272 g/mol. The first-order valence-corrected chi connectivity index (χ1v) is 6.45. The molecular formula is C14H16N4O3. The monoisotopic (exact) mass is 288 g/mol. The minimum atomic E-state index is -0.579. The normalized spacial score (nSPS) is 12.0. The van der Waals surface area contributed by atoms with Crippen LogP contribution < -0.4 is 5.32 Å². The molecule has 1 amide bonds. The summed E-state index contributed by atoms with van der Waals surface area (Å²) in [4.78, 5) is 22.8. The minimum absolute atomic E-state index is 0.0414. The van der Waals surface area contributed by atoms with Gasteiger partial charge in [0.15, 0.2) is 0 Å². The minimum Gasteiger partial charge on any atom is -0.344 e. The van der Waals surface area contributed by atoms with Crippen molar-refractivity contribution < 1.29 is 9.72 Å². The number of carbonyl (C=O) groups excluding carboxylic acids is 1. The van der Waals surface area contributed by atoms with Crippen LogP contribution in [0.15, 0.2) is 30.3 Å². The highest BCUT2D eigenvalue weighted by Gasteiger charge is 2.29. The lowest BCUT2D eigenvalue weighted by atomic mass is 10.1. The Morgan fingerprint density at radius 2 is 2.00 bits per heavy atom. The van der Waals surface area contributed by atoms with Gasteiger partial charge < -0.3 is 5.32 Å². The smallest absolute Gasteiger partial charge is 0.322 e. The van der Waals surface area contributed by atoms with E-state index in [1.165, 1.54) is 18.7 Å². The Bertz CT molecular complexity index is 679. The van der Waals surface area contributed by atoms with Gasteiger partial charge in [-0.3, -0.25) is 19.6 Å². The molecule has 0 spiro atoms. The van der Waals surface area contributed by atoms with Crippen molar-refractivity contribution in [2.75, 3.05) is 0 Å². The van der Waals surface area contributed by atoms with Gasteiger partial charge in [-0.1, -0.05) is 30.3 Å². The van der Waals surface area contributed by atoms with E-state index in [0.717, 1.165) is 5.56 Å². The number of benzene rings is 1. The van der Waals surface area contributed by atoms with Crippen LogP contribution in [0.25, 0.3) is 0 Å². The standard InChI is InChI=1S/C14H16N4O3/c1-9(11-7-5-4-6-8-11)15-14(19)13-12(18(20)21)10(2)16-17(13)3/h4-9H,1-3H3,(H,15,19). The van der Waals surface area contributed by atoms with E-state index in [1.807, 2.05) is 37.3 Å². The van der Waals surface area contributed by atoms with Crippen molar-refractivity contribution in [1.29, 1.82) is 0 Å². The first-order chi connectivity index (χ1) is 9.91. The van der Waals surface area contributed by atoms with E-state index in [-0.39, 0.29) is 23.1 Å². The average molecular weight is 288 g/mol. The van der Waals surface area contributed by atoms with E-state index in [9.17, 15) is 14.9 Å². The van der Waals surface area contributed by atoms with E-state index >= 15 is 0 Å². The van der Waals surface area contributed by atoms with Crippen LogP contribution in [0.2, 0.25) is 0 Å². The first-order valence-electron chi connectivity index (χ1n) is 6.45. The van der Waals surface area contributed by atoms with Crippen LogP contribution in [-0.4, -0.2) is 20.6 Å². The third kappa shape index (κ3) is 2.91. The number of nitrogens with zero attached hydrogens (tertiary/aromatic N) is 3. The highest BCUT2D eigenvalue weighted by Crippen LogP contribution is 2.23. The van der Waals surface area contributed by atoms with E-state index in [1.54, 1.807) is 0 Å². The number of carbonyl (C=O) groups is 1. The van der Waals surface area contributed by atoms with Gasteiger partial charge in [0, 0.05) is 7.05 Å². The molecule has 1 aromatic carbocycles. The highest BCUT2D eigenvalue weighted by molar-refractivity contribution is 5.97. The lowest BCUT2D eigenvalue weighted by Crippen LogP contribution is -2.29. The predicted molar refractivity (Wildman–Crippen MR) is 76.9 cm³/mol. The zero-order valence-electron chi connectivity index (χ0n) is 12.0. The Balaban J connectivity index is 2.27. The summed E-state index contributed by atoms with van der Waals surface area (Å²) in [5, 5.41) is 17.8. The number of nitro groups is 1. The molecule has 1 heterocycles. The van der Waals surface area contributed by atoms with Crippen molar-refractivity contribution in [3.8, 4) is 0 Å². The highest BCUT2D eigenvalue weighted by atomic mass is 16.6. The molecule has 1 N–H and O–H groups in total. The third-order valence-corrected chi connectivity index (χ3v) is 3.24. The maximum absolute atomic E-state index is 12.3. The molecule has 1 atom stereocenters. The lowest BCUT2D eigenvalue weighted by Gasteiger charge is -2.13. The molecule has 0 saturated heterocycles.